The third-order valence-corrected chi connectivity index (χ3v) is 6.93. The molecule has 0 bridgehead atoms. The quantitative estimate of drug-likeness (QED) is 0.252. The zero-order valence-corrected chi connectivity index (χ0v) is 23.4. The molecule has 0 aliphatic heterocycles. The van der Waals surface area contributed by atoms with Gasteiger partial charge in [-0.2, -0.15) is 5.10 Å². The van der Waals surface area contributed by atoms with Crippen LogP contribution >= 0.6 is 11.6 Å². The number of hydrogen-bond donors (Lipinski definition) is 1. The van der Waals surface area contributed by atoms with Gasteiger partial charge < -0.3 is 19.3 Å². The van der Waals surface area contributed by atoms with Gasteiger partial charge in [-0.1, -0.05) is 42.7 Å². The molecule has 0 aliphatic rings. The van der Waals surface area contributed by atoms with Gasteiger partial charge in [0.15, 0.2) is 11.6 Å². The van der Waals surface area contributed by atoms with Crippen LogP contribution in [-0.2, 0) is 6.54 Å². The first-order valence-corrected chi connectivity index (χ1v) is 13.3. The Kier molecular flexibility index (Phi) is 8.81. The molecule has 0 amide bonds. The summed E-state index contributed by atoms with van der Waals surface area (Å²) in [4.78, 5) is 11.3. The Labute approximate surface area is 228 Å². The standard InChI is InChI=1S/C28H35ClN6O3/c1-6-34(7-2)16-17-37-22-11-8-10-20(24(22)29)25-23(27-30-13-9-14-31-27)26(38-33-25)21-18-32-35(19(21)3)15-12-28(4,5)36/h8-11,13-14,18,36H,6-7,12,15-17H2,1-5H3. The molecule has 0 atom stereocenters. The molecule has 0 aliphatic carbocycles. The van der Waals surface area contributed by atoms with Gasteiger partial charge in [0.25, 0.3) is 0 Å². The Morgan fingerprint density at radius 2 is 1.84 bits per heavy atom. The van der Waals surface area contributed by atoms with Gasteiger partial charge in [0, 0.05) is 36.7 Å². The number of likely N-dealkylation sites (N-methyl/N-ethyl adjacent to an activating group) is 1. The monoisotopic (exact) mass is 538 g/mol. The molecule has 0 unspecified atom stereocenters. The van der Waals surface area contributed by atoms with Crippen molar-refractivity contribution >= 4 is 11.6 Å². The van der Waals surface area contributed by atoms with Crippen LogP contribution < -0.4 is 4.74 Å². The Morgan fingerprint density at radius 1 is 1.11 bits per heavy atom. The molecular formula is C28H35ClN6O3. The second kappa shape index (κ2) is 12.1. The highest BCUT2D eigenvalue weighted by atomic mass is 35.5. The van der Waals surface area contributed by atoms with Crippen LogP contribution in [0.4, 0.5) is 0 Å². The highest BCUT2D eigenvalue weighted by Crippen LogP contribution is 2.43. The number of ether oxygens (including phenoxy) is 1. The summed E-state index contributed by atoms with van der Waals surface area (Å²) in [7, 11) is 0. The first-order chi connectivity index (χ1) is 18.2. The lowest BCUT2D eigenvalue weighted by Crippen LogP contribution is -2.27. The number of benzene rings is 1. The zero-order valence-electron chi connectivity index (χ0n) is 22.6. The number of rotatable bonds is 12. The van der Waals surface area contributed by atoms with Gasteiger partial charge in [-0.15, -0.1) is 0 Å². The largest absolute Gasteiger partial charge is 0.491 e. The summed E-state index contributed by atoms with van der Waals surface area (Å²) >= 11 is 6.86. The molecule has 4 aromatic rings. The second-order valence-electron chi connectivity index (χ2n) is 9.73. The molecule has 1 aromatic carbocycles. The van der Waals surface area contributed by atoms with E-state index in [0.29, 0.717) is 58.8 Å². The Morgan fingerprint density at radius 3 is 2.53 bits per heavy atom. The van der Waals surface area contributed by atoms with Crippen LogP contribution in [0.25, 0.3) is 34.0 Å². The molecule has 0 spiro atoms. The number of aromatic nitrogens is 5. The lowest BCUT2D eigenvalue weighted by molar-refractivity contribution is 0.0649. The number of nitrogens with zero attached hydrogens (tertiary/aromatic N) is 6. The Bertz CT molecular complexity index is 1340. The molecule has 4 rings (SSSR count). The van der Waals surface area contributed by atoms with Crippen LogP contribution in [0.1, 0.15) is 39.8 Å². The van der Waals surface area contributed by atoms with Crippen LogP contribution in [0.5, 0.6) is 5.75 Å². The summed E-state index contributed by atoms with van der Waals surface area (Å²) in [6, 6.07) is 7.38. The van der Waals surface area contributed by atoms with Crippen molar-refractivity contribution in [1.29, 1.82) is 0 Å². The van der Waals surface area contributed by atoms with E-state index in [1.807, 2.05) is 29.8 Å². The minimum atomic E-state index is -0.795. The number of aliphatic hydroxyl groups is 1. The maximum Gasteiger partial charge on any atom is 0.181 e. The fraction of sp³-hybridized carbons (Fsp3) is 0.429. The smallest absolute Gasteiger partial charge is 0.181 e. The van der Waals surface area contributed by atoms with Crippen molar-refractivity contribution in [2.24, 2.45) is 0 Å². The first kappa shape index (κ1) is 27.8. The molecule has 3 aromatic heterocycles. The highest BCUT2D eigenvalue weighted by molar-refractivity contribution is 6.35. The van der Waals surface area contributed by atoms with Crippen LogP contribution in [0.15, 0.2) is 47.4 Å². The molecule has 0 radical (unpaired) electrons. The minimum absolute atomic E-state index is 0.446. The van der Waals surface area contributed by atoms with Gasteiger partial charge in [-0.05, 0) is 52.4 Å². The van der Waals surface area contributed by atoms with Crippen molar-refractivity contribution in [3.63, 3.8) is 0 Å². The predicted molar refractivity (Wildman–Crippen MR) is 148 cm³/mol. The molecule has 10 heteroatoms. The van der Waals surface area contributed by atoms with E-state index < -0.39 is 5.60 Å². The van der Waals surface area contributed by atoms with E-state index >= 15 is 0 Å². The Balaban J connectivity index is 1.73. The predicted octanol–water partition coefficient (Wildman–Crippen LogP) is 5.51. The van der Waals surface area contributed by atoms with Gasteiger partial charge in [0.2, 0.25) is 0 Å². The highest BCUT2D eigenvalue weighted by Gasteiger charge is 2.27. The fourth-order valence-corrected chi connectivity index (χ4v) is 4.47. The van der Waals surface area contributed by atoms with E-state index in [4.69, 9.17) is 20.9 Å². The lowest BCUT2D eigenvalue weighted by Gasteiger charge is -2.18. The number of hydrogen-bond acceptors (Lipinski definition) is 8. The number of halogens is 1. The summed E-state index contributed by atoms with van der Waals surface area (Å²) in [6.07, 6.45) is 5.65. The SMILES string of the molecule is CCN(CC)CCOc1cccc(-c2noc(-c3cnn(CCC(C)(C)O)c3C)c2-c2ncccn2)c1Cl. The fourth-order valence-electron chi connectivity index (χ4n) is 4.20. The van der Waals surface area contributed by atoms with Gasteiger partial charge >= 0.3 is 0 Å². The lowest BCUT2D eigenvalue weighted by atomic mass is 10.0. The summed E-state index contributed by atoms with van der Waals surface area (Å²) in [5.74, 6) is 1.55. The van der Waals surface area contributed by atoms with E-state index in [1.54, 1.807) is 38.5 Å². The summed E-state index contributed by atoms with van der Waals surface area (Å²) in [5.41, 5.74) is 2.66. The zero-order chi connectivity index (χ0) is 27.3. The molecule has 1 N–H and O–H groups in total. The maximum absolute atomic E-state index is 10.2. The van der Waals surface area contributed by atoms with E-state index in [-0.39, 0.29) is 0 Å². The van der Waals surface area contributed by atoms with E-state index in [9.17, 15) is 5.11 Å². The molecule has 0 saturated heterocycles. The average Bonchev–Trinajstić information content (AvgIpc) is 3.49. The van der Waals surface area contributed by atoms with Gasteiger partial charge in [-0.3, -0.25) is 4.68 Å². The second-order valence-corrected chi connectivity index (χ2v) is 10.1. The molecule has 202 valence electrons. The van der Waals surface area contributed by atoms with Crippen LogP contribution in [0, 0.1) is 6.92 Å². The van der Waals surface area contributed by atoms with Gasteiger partial charge in [0.05, 0.1) is 27.9 Å². The maximum atomic E-state index is 10.2. The van der Waals surface area contributed by atoms with Crippen molar-refractivity contribution in [3.8, 4) is 39.7 Å². The van der Waals surface area contributed by atoms with E-state index in [2.05, 4.69) is 39.0 Å². The minimum Gasteiger partial charge on any atom is -0.491 e. The average molecular weight is 539 g/mol. The van der Waals surface area contributed by atoms with Crippen molar-refractivity contribution in [2.45, 2.75) is 53.2 Å². The summed E-state index contributed by atoms with van der Waals surface area (Å²) in [5, 5.41) is 19.6. The molecule has 38 heavy (non-hydrogen) atoms. The third-order valence-electron chi connectivity index (χ3n) is 6.54. The summed E-state index contributed by atoms with van der Waals surface area (Å²) in [6.45, 7) is 13.6. The Hall–Kier alpha value is -3.27. The van der Waals surface area contributed by atoms with Crippen LogP contribution in [-0.4, -0.2) is 66.8 Å². The molecule has 0 saturated carbocycles. The van der Waals surface area contributed by atoms with Crippen LogP contribution in [0.3, 0.4) is 0 Å². The van der Waals surface area contributed by atoms with Crippen molar-refractivity contribution in [3.05, 3.63) is 53.6 Å². The van der Waals surface area contributed by atoms with Crippen LogP contribution in [0.2, 0.25) is 5.02 Å². The van der Waals surface area contributed by atoms with Crippen molar-refractivity contribution < 1.29 is 14.4 Å². The van der Waals surface area contributed by atoms with Gasteiger partial charge in [0.1, 0.15) is 18.1 Å². The van der Waals surface area contributed by atoms with Crippen molar-refractivity contribution in [2.75, 3.05) is 26.2 Å². The normalized spacial score (nSPS) is 11.9. The third kappa shape index (κ3) is 6.23. The van der Waals surface area contributed by atoms with Gasteiger partial charge in [-0.25, -0.2) is 9.97 Å². The molecule has 0 fully saturated rings. The first-order valence-electron chi connectivity index (χ1n) is 12.9. The van der Waals surface area contributed by atoms with E-state index in [0.717, 1.165) is 30.9 Å². The molecular weight excluding hydrogens is 504 g/mol. The van der Waals surface area contributed by atoms with Crippen molar-refractivity contribution in [1.82, 2.24) is 29.8 Å². The summed E-state index contributed by atoms with van der Waals surface area (Å²) < 4.78 is 13.8. The van der Waals surface area contributed by atoms with E-state index in [1.165, 1.54) is 0 Å². The topological polar surface area (TPSA) is 102 Å². The molecule has 9 nitrogen and oxygen atoms in total. The number of aryl methyl sites for hydroxylation is 1. The molecule has 3 heterocycles.